The van der Waals surface area contributed by atoms with Crippen molar-refractivity contribution >= 4 is 18.4 Å². The van der Waals surface area contributed by atoms with Crippen molar-refractivity contribution in [1.82, 2.24) is 0 Å². The van der Waals surface area contributed by atoms with Gasteiger partial charge in [-0.25, -0.2) is 0 Å². The molecule has 0 saturated carbocycles. The number of hydrogen-bond donors (Lipinski definition) is 1. The average Bonchev–Trinajstić information content (AvgIpc) is 2.08. The van der Waals surface area contributed by atoms with Crippen molar-refractivity contribution in [3.8, 4) is 0 Å². The van der Waals surface area contributed by atoms with Crippen LogP contribution in [0.3, 0.4) is 0 Å². The normalized spacial score (nSPS) is 12.8. The SMILES string of the molecule is CCCCCCCCS(=O)(=O)O[P+](=O)O. The van der Waals surface area contributed by atoms with Gasteiger partial charge in [0.2, 0.25) is 0 Å². The monoisotopic (exact) mass is 257 g/mol. The van der Waals surface area contributed by atoms with E-state index in [1.807, 2.05) is 0 Å². The van der Waals surface area contributed by atoms with E-state index in [1.165, 1.54) is 0 Å². The molecule has 0 aromatic rings. The third kappa shape index (κ3) is 10.3. The molecule has 0 saturated heterocycles. The molecular formula is C8H18O5PS+. The average molecular weight is 257 g/mol. The molecule has 90 valence electrons. The quantitative estimate of drug-likeness (QED) is 0.506. The standard InChI is InChI=1S/C8H17O5PS/c1-2-3-4-5-6-7-8-15(11,12)13-14(9)10/h2-8H2,1H3/p+1. The molecule has 0 rings (SSSR count). The van der Waals surface area contributed by atoms with Gasteiger partial charge in [-0.15, -0.1) is 4.89 Å². The summed E-state index contributed by atoms with van der Waals surface area (Å²) in [5.41, 5.74) is 0. The van der Waals surface area contributed by atoms with Crippen LogP contribution in [0.1, 0.15) is 45.4 Å². The molecule has 1 unspecified atom stereocenters. The molecule has 0 aliphatic rings. The zero-order chi connectivity index (χ0) is 11.7. The van der Waals surface area contributed by atoms with Crippen LogP contribution in [-0.4, -0.2) is 19.1 Å². The molecule has 0 aliphatic heterocycles. The number of unbranched alkanes of at least 4 members (excludes halogenated alkanes) is 5. The largest absolute Gasteiger partial charge is 0.712 e. The third-order valence-electron chi connectivity index (χ3n) is 1.93. The Labute approximate surface area is 91.9 Å². The molecule has 0 aromatic heterocycles. The fraction of sp³-hybridized carbons (Fsp3) is 1.00. The smallest absolute Gasteiger partial charge is 0.196 e. The first-order valence-corrected chi connectivity index (χ1v) is 7.77. The second-order valence-electron chi connectivity index (χ2n) is 3.34. The van der Waals surface area contributed by atoms with Gasteiger partial charge in [0, 0.05) is 8.54 Å². The molecule has 0 radical (unpaired) electrons. The van der Waals surface area contributed by atoms with Crippen LogP contribution >= 0.6 is 8.25 Å². The van der Waals surface area contributed by atoms with Gasteiger partial charge in [-0.3, -0.25) is 0 Å². The molecule has 1 N–H and O–H groups in total. The highest BCUT2D eigenvalue weighted by Crippen LogP contribution is 2.20. The van der Waals surface area contributed by atoms with E-state index in [4.69, 9.17) is 4.89 Å². The highest BCUT2D eigenvalue weighted by Gasteiger charge is 2.25. The van der Waals surface area contributed by atoms with Gasteiger partial charge in [0.25, 0.3) is 0 Å². The highest BCUT2D eigenvalue weighted by atomic mass is 32.2. The Morgan fingerprint density at radius 2 is 1.67 bits per heavy atom. The van der Waals surface area contributed by atoms with Crippen LogP contribution < -0.4 is 0 Å². The summed E-state index contributed by atoms with van der Waals surface area (Å²) in [6.07, 6.45) is 5.69. The first-order valence-electron chi connectivity index (χ1n) is 5.06. The minimum Gasteiger partial charge on any atom is -0.196 e. The van der Waals surface area contributed by atoms with Crippen LogP contribution in [0.25, 0.3) is 0 Å². The van der Waals surface area contributed by atoms with E-state index in [1.54, 1.807) is 0 Å². The van der Waals surface area contributed by atoms with E-state index in [-0.39, 0.29) is 5.75 Å². The Morgan fingerprint density at radius 3 is 2.20 bits per heavy atom. The lowest BCUT2D eigenvalue weighted by atomic mass is 10.1. The summed E-state index contributed by atoms with van der Waals surface area (Å²) in [7, 11) is -6.86. The Kier molecular flexibility index (Phi) is 8.14. The van der Waals surface area contributed by atoms with Crippen LogP contribution in [0, 0.1) is 0 Å². The highest BCUT2D eigenvalue weighted by molar-refractivity contribution is 7.89. The minimum atomic E-state index is -3.81. The van der Waals surface area contributed by atoms with E-state index in [2.05, 4.69) is 10.9 Å². The Bertz CT molecular complexity index is 275. The van der Waals surface area contributed by atoms with Crippen molar-refractivity contribution in [2.75, 3.05) is 5.75 Å². The predicted molar refractivity (Wildman–Crippen MR) is 58.1 cm³/mol. The Hall–Kier alpha value is -0.0300. The minimum absolute atomic E-state index is 0.180. The zero-order valence-electron chi connectivity index (χ0n) is 8.89. The molecule has 0 aromatic carbocycles. The molecule has 0 aliphatic carbocycles. The second-order valence-corrected chi connectivity index (χ2v) is 5.94. The lowest BCUT2D eigenvalue weighted by Crippen LogP contribution is -2.06. The molecule has 1 atom stereocenters. The number of rotatable bonds is 9. The van der Waals surface area contributed by atoms with Crippen molar-refractivity contribution in [2.24, 2.45) is 0 Å². The fourth-order valence-electron chi connectivity index (χ4n) is 1.19. The number of hydrogen-bond acceptors (Lipinski definition) is 4. The van der Waals surface area contributed by atoms with Gasteiger partial charge in [-0.1, -0.05) is 39.0 Å². The molecule has 0 fully saturated rings. The van der Waals surface area contributed by atoms with Crippen LogP contribution in [0.2, 0.25) is 0 Å². The van der Waals surface area contributed by atoms with Crippen molar-refractivity contribution in [2.45, 2.75) is 45.4 Å². The fourth-order valence-corrected chi connectivity index (χ4v) is 2.83. The van der Waals surface area contributed by atoms with E-state index in [0.29, 0.717) is 6.42 Å². The summed E-state index contributed by atoms with van der Waals surface area (Å²) >= 11 is 0. The van der Waals surface area contributed by atoms with Crippen LogP contribution in [0.5, 0.6) is 0 Å². The maximum atomic E-state index is 11.0. The molecule has 0 bridgehead atoms. The summed E-state index contributed by atoms with van der Waals surface area (Å²) in [4.78, 5) is 8.27. The van der Waals surface area contributed by atoms with E-state index in [0.717, 1.165) is 32.1 Å². The summed E-state index contributed by atoms with van der Waals surface area (Å²) < 4.78 is 36.0. The van der Waals surface area contributed by atoms with Gasteiger partial charge in [-0.2, -0.15) is 8.42 Å². The maximum absolute atomic E-state index is 11.0. The summed E-state index contributed by atoms with van der Waals surface area (Å²) in [5.74, 6) is -0.180. The summed E-state index contributed by atoms with van der Waals surface area (Å²) in [6, 6.07) is 0. The molecule has 15 heavy (non-hydrogen) atoms. The van der Waals surface area contributed by atoms with Crippen LogP contribution in [0.4, 0.5) is 0 Å². The first-order chi connectivity index (χ1) is 6.98. The van der Waals surface area contributed by atoms with E-state index >= 15 is 0 Å². The van der Waals surface area contributed by atoms with Gasteiger partial charge >= 0.3 is 18.4 Å². The molecule has 7 heteroatoms. The van der Waals surface area contributed by atoms with Gasteiger partial charge in [0.1, 0.15) is 0 Å². The molecule has 0 amide bonds. The Morgan fingerprint density at radius 1 is 1.13 bits per heavy atom. The molecular weight excluding hydrogens is 239 g/mol. The topological polar surface area (TPSA) is 80.7 Å². The first kappa shape index (κ1) is 15.0. The van der Waals surface area contributed by atoms with E-state index < -0.39 is 18.4 Å². The zero-order valence-corrected chi connectivity index (χ0v) is 10.6. The third-order valence-corrected chi connectivity index (χ3v) is 4.13. The van der Waals surface area contributed by atoms with Crippen molar-refractivity contribution < 1.29 is 21.8 Å². The van der Waals surface area contributed by atoms with E-state index in [9.17, 15) is 13.0 Å². The molecule has 5 nitrogen and oxygen atoms in total. The maximum Gasteiger partial charge on any atom is 0.712 e. The lowest BCUT2D eigenvalue weighted by Gasteiger charge is -1.98. The summed E-state index contributed by atoms with van der Waals surface area (Å²) in [5, 5.41) is 0. The Balaban J connectivity index is 3.54. The van der Waals surface area contributed by atoms with Crippen LogP contribution in [-0.2, 0) is 18.7 Å². The van der Waals surface area contributed by atoms with Gasteiger partial charge in [-0.05, 0) is 6.42 Å². The van der Waals surface area contributed by atoms with Crippen LogP contribution in [0.15, 0.2) is 0 Å². The van der Waals surface area contributed by atoms with Gasteiger partial charge in [0.15, 0.2) is 0 Å². The van der Waals surface area contributed by atoms with Gasteiger partial charge < -0.3 is 0 Å². The summed E-state index contributed by atoms with van der Waals surface area (Å²) in [6.45, 7) is 2.11. The lowest BCUT2D eigenvalue weighted by molar-refractivity contribution is 0.403. The predicted octanol–water partition coefficient (Wildman–Crippen LogP) is 2.34. The van der Waals surface area contributed by atoms with Crippen molar-refractivity contribution in [1.29, 1.82) is 0 Å². The second kappa shape index (κ2) is 8.16. The van der Waals surface area contributed by atoms with Crippen molar-refractivity contribution in [3.63, 3.8) is 0 Å². The van der Waals surface area contributed by atoms with Crippen molar-refractivity contribution in [3.05, 3.63) is 0 Å². The van der Waals surface area contributed by atoms with Gasteiger partial charge in [0.05, 0.1) is 5.75 Å². The molecule has 0 spiro atoms. The molecule has 0 heterocycles.